The first kappa shape index (κ1) is 19.7. The van der Waals surface area contributed by atoms with Crippen LogP contribution >= 0.6 is 11.3 Å². The van der Waals surface area contributed by atoms with Crippen molar-refractivity contribution in [2.45, 2.75) is 6.18 Å². The molecule has 3 rings (SSSR count). The maximum Gasteiger partial charge on any atom is 0.416 e. The van der Waals surface area contributed by atoms with Crippen LogP contribution < -0.4 is 14.9 Å². The highest BCUT2D eigenvalue weighted by Gasteiger charge is 2.29. The highest BCUT2D eigenvalue weighted by atomic mass is 32.1. The third-order valence-corrected chi connectivity index (χ3v) is 4.54. The molecule has 0 radical (unpaired) electrons. The zero-order valence-corrected chi connectivity index (χ0v) is 15.8. The number of halogens is 3. The number of ether oxygens (including phenoxy) is 2. The second-order valence-corrected chi connectivity index (χ2v) is 6.46. The van der Waals surface area contributed by atoms with Crippen molar-refractivity contribution in [3.63, 3.8) is 0 Å². The van der Waals surface area contributed by atoms with Crippen LogP contribution in [0.3, 0.4) is 0 Å². The first-order chi connectivity index (χ1) is 13.4. The average molecular weight is 407 g/mol. The van der Waals surface area contributed by atoms with E-state index in [4.69, 9.17) is 9.47 Å². The van der Waals surface area contributed by atoms with Crippen molar-refractivity contribution in [2.75, 3.05) is 19.6 Å². The largest absolute Gasteiger partial charge is 0.493 e. The van der Waals surface area contributed by atoms with Gasteiger partial charge in [-0.2, -0.15) is 18.3 Å². The van der Waals surface area contributed by atoms with Gasteiger partial charge in [-0.25, -0.2) is 4.98 Å². The fourth-order valence-electron chi connectivity index (χ4n) is 2.37. The van der Waals surface area contributed by atoms with E-state index in [0.29, 0.717) is 22.2 Å². The number of alkyl halides is 3. The lowest BCUT2D eigenvalue weighted by atomic mass is 10.1. The number of methoxy groups -OCH3 is 2. The van der Waals surface area contributed by atoms with Crippen LogP contribution in [-0.2, 0) is 6.18 Å². The Morgan fingerprint density at radius 2 is 1.75 bits per heavy atom. The molecule has 146 valence electrons. The Hall–Kier alpha value is -3.07. The molecule has 5 nitrogen and oxygen atoms in total. The van der Waals surface area contributed by atoms with Gasteiger partial charge in [0, 0.05) is 10.9 Å². The van der Waals surface area contributed by atoms with Crippen molar-refractivity contribution in [2.24, 2.45) is 5.10 Å². The number of thiazole rings is 1. The normalized spacial score (nSPS) is 11.6. The number of anilines is 1. The zero-order chi connectivity index (χ0) is 20.1. The van der Waals surface area contributed by atoms with Gasteiger partial charge in [-0.3, -0.25) is 5.43 Å². The highest BCUT2D eigenvalue weighted by molar-refractivity contribution is 7.14. The Kier molecular flexibility index (Phi) is 5.84. The first-order valence-corrected chi connectivity index (χ1v) is 8.93. The van der Waals surface area contributed by atoms with E-state index in [1.165, 1.54) is 29.7 Å². The van der Waals surface area contributed by atoms with E-state index >= 15 is 0 Å². The van der Waals surface area contributed by atoms with Gasteiger partial charge in [0.1, 0.15) is 0 Å². The lowest BCUT2D eigenvalue weighted by Gasteiger charge is -2.08. The van der Waals surface area contributed by atoms with E-state index in [0.717, 1.165) is 23.4 Å². The SMILES string of the molecule is COc1ccc(-c2csc(N/N=C\c3ccc(C(F)(F)F)cc3)n2)cc1OC. The van der Waals surface area contributed by atoms with Gasteiger partial charge in [-0.1, -0.05) is 12.1 Å². The molecule has 0 amide bonds. The minimum absolute atomic E-state index is 0.539. The summed E-state index contributed by atoms with van der Waals surface area (Å²) >= 11 is 1.35. The van der Waals surface area contributed by atoms with E-state index in [1.807, 2.05) is 17.5 Å². The molecule has 0 aliphatic carbocycles. The van der Waals surface area contributed by atoms with Gasteiger partial charge in [0.2, 0.25) is 5.13 Å². The first-order valence-electron chi connectivity index (χ1n) is 8.05. The maximum absolute atomic E-state index is 12.6. The van der Waals surface area contributed by atoms with Gasteiger partial charge < -0.3 is 9.47 Å². The maximum atomic E-state index is 12.6. The smallest absolute Gasteiger partial charge is 0.416 e. The van der Waals surface area contributed by atoms with E-state index < -0.39 is 11.7 Å². The van der Waals surface area contributed by atoms with Crippen molar-refractivity contribution < 1.29 is 22.6 Å². The standard InChI is InChI=1S/C19H16F3N3O2S/c1-26-16-8-5-13(9-17(16)27-2)15-11-28-18(24-15)25-23-10-12-3-6-14(7-4-12)19(20,21)22/h3-11H,1-2H3,(H,24,25)/b23-10-. The fourth-order valence-corrected chi connectivity index (χ4v) is 3.04. The minimum Gasteiger partial charge on any atom is -0.493 e. The molecule has 2 aromatic carbocycles. The number of hydrogen-bond donors (Lipinski definition) is 1. The van der Waals surface area contributed by atoms with Crippen molar-refractivity contribution >= 4 is 22.7 Å². The number of nitrogens with one attached hydrogen (secondary N) is 1. The van der Waals surface area contributed by atoms with E-state index in [-0.39, 0.29) is 0 Å². The molecular formula is C19H16F3N3O2S. The van der Waals surface area contributed by atoms with Gasteiger partial charge in [0.15, 0.2) is 11.5 Å². The summed E-state index contributed by atoms with van der Waals surface area (Å²) in [6, 6.07) is 10.2. The average Bonchev–Trinajstić information content (AvgIpc) is 3.16. The molecule has 0 spiro atoms. The summed E-state index contributed by atoms with van der Waals surface area (Å²) in [6.45, 7) is 0. The Labute approximate surface area is 163 Å². The molecule has 0 fully saturated rings. The molecule has 0 bridgehead atoms. The summed E-state index contributed by atoms with van der Waals surface area (Å²) in [7, 11) is 3.13. The predicted octanol–water partition coefficient (Wildman–Crippen LogP) is 5.29. The molecule has 28 heavy (non-hydrogen) atoms. The summed E-state index contributed by atoms with van der Waals surface area (Å²) in [5.74, 6) is 1.23. The third-order valence-electron chi connectivity index (χ3n) is 3.80. The summed E-state index contributed by atoms with van der Waals surface area (Å²) in [5, 5.41) is 6.43. The molecule has 0 aliphatic rings. The Bertz CT molecular complexity index is 969. The number of benzene rings is 2. The summed E-state index contributed by atoms with van der Waals surface area (Å²) in [6.07, 6.45) is -2.92. The van der Waals surface area contributed by atoms with Crippen LogP contribution in [0.15, 0.2) is 52.9 Å². The topological polar surface area (TPSA) is 55.7 Å². The number of rotatable bonds is 6. The summed E-state index contributed by atoms with van der Waals surface area (Å²) < 4.78 is 48.2. The number of hydrazone groups is 1. The quantitative estimate of drug-likeness (QED) is 0.446. The molecule has 0 saturated carbocycles. The number of nitrogens with zero attached hydrogens (tertiary/aromatic N) is 2. The molecule has 0 aliphatic heterocycles. The molecule has 1 heterocycles. The van der Waals surface area contributed by atoms with Gasteiger partial charge in [0.25, 0.3) is 0 Å². The molecule has 9 heteroatoms. The number of hydrogen-bond acceptors (Lipinski definition) is 6. The van der Waals surface area contributed by atoms with Gasteiger partial charge in [-0.15, -0.1) is 11.3 Å². The van der Waals surface area contributed by atoms with Crippen molar-refractivity contribution in [3.8, 4) is 22.8 Å². The Balaban J connectivity index is 1.67. The Morgan fingerprint density at radius 3 is 2.39 bits per heavy atom. The van der Waals surface area contributed by atoms with Crippen LogP contribution in [0, 0.1) is 0 Å². The van der Waals surface area contributed by atoms with Crippen LogP contribution in [0.4, 0.5) is 18.3 Å². The van der Waals surface area contributed by atoms with Crippen LogP contribution in [0.1, 0.15) is 11.1 Å². The van der Waals surface area contributed by atoms with Gasteiger partial charge in [0.05, 0.1) is 31.7 Å². The zero-order valence-electron chi connectivity index (χ0n) is 14.9. The monoisotopic (exact) mass is 407 g/mol. The van der Waals surface area contributed by atoms with E-state index in [9.17, 15) is 13.2 Å². The summed E-state index contributed by atoms with van der Waals surface area (Å²) in [4.78, 5) is 4.44. The lowest BCUT2D eigenvalue weighted by Crippen LogP contribution is -2.04. The van der Waals surface area contributed by atoms with Crippen LogP contribution in [0.25, 0.3) is 11.3 Å². The van der Waals surface area contributed by atoms with E-state index in [1.54, 1.807) is 20.3 Å². The lowest BCUT2D eigenvalue weighted by molar-refractivity contribution is -0.137. The number of aromatic nitrogens is 1. The molecule has 1 aromatic heterocycles. The summed E-state index contributed by atoms with van der Waals surface area (Å²) in [5.41, 5.74) is 4.21. The van der Waals surface area contributed by atoms with Crippen molar-refractivity contribution in [1.29, 1.82) is 0 Å². The van der Waals surface area contributed by atoms with Gasteiger partial charge >= 0.3 is 6.18 Å². The van der Waals surface area contributed by atoms with Crippen molar-refractivity contribution in [1.82, 2.24) is 4.98 Å². The molecule has 0 atom stereocenters. The molecule has 0 unspecified atom stereocenters. The molecule has 3 aromatic rings. The molecular weight excluding hydrogens is 391 g/mol. The predicted molar refractivity (Wildman–Crippen MR) is 103 cm³/mol. The minimum atomic E-state index is -4.35. The van der Waals surface area contributed by atoms with Crippen LogP contribution in [0.5, 0.6) is 11.5 Å². The molecule has 1 N–H and O–H groups in total. The van der Waals surface area contributed by atoms with Crippen LogP contribution in [0.2, 0.25) is 0 Å². The molecule has 0 saturated heterocycles. The second-order valence-electron chi connectivity index (χ2n) is 5.60. The highest BCUT2D eigenvalue weighted by Crippen LogP contribution is 2.33. The fraction of sp³-hybridized carbons (Fsp3) is 0.158. The van der Waals surface area contributed by atoms with Crippen LogP contribution in [-0.4, -0.2) is 25.4 Å². The van der Waals surface area contributed by atoms with Gasteiger partial charge in [-0.05, 0) is 35.9 Å². The van der Waals surface area contributed by atoms with Crippen molar-refractivity contribution in [3.05, 3.63) is 59.0 Å². The second kappa shape index (κ2) is 8.30. The van der Waals surface area contributed by atoms with E-state index in [2.05, 4.69) is 15.5 Å². The third kappa shape index (κ3) is 4.61. The Morgan fingerprint density at radius 1 is 1.04 bits per heavy atom.